The van der Waals surface area contributed by atoms with Crippen LogP contribution in [-0.2, 0) is 0 Å². The summed E-state index contributed by atoms with van der Waals surface area (Å²) >= 11 is 7.68. The second-order valence-electron chi connectivity index (χ2n) is 3.31. The molecule has 2 aromatic rings. The topological polar surface area (TPSA) is 12.0 Å². The normalized spacial score (nSPS) is 9.53. The van der Waals surface area contributed by atoms with Crippen LogP contribution in [0.25, 0.3) is 0 Å². The molecule has 4 heteroatoms. The molecule has 0 atom stereocenters. The molecule has 0 aromatic heterocycles. The lowest BCUT2D eigenvalue weighted by molar-refractivity contribution is 1.36. The Morgan fingerprint density at radius 1 is 1.06 bits per heavy atom. The molecule has 17 heavy (non-hydrogen) atoms. The van der Waals surface area contributed by atoms with E-state index >= 15 is 0 Å². The Kier molecular flexibility index (Phi) is 5.69. The summed E-state index contributed by atoms with van der Waals surface area (Å²) in [6, 6.07) is 16.2. The average molecular weight is 286 g/mol. The van der Waals surface area contributed by atoms with Crippen LogP contribution in [0.15, 0.2) is 58.3 Å². The summed E-state index contributed by atoms with van der Waals surface area (Å²) in [4.78, 5) is 2.40. The Labute approximate surface area is 117 Å². The van der Waals surface area contributed by atoms with Crippen molar-refractivity contribution in [1.82, 2.24) is 0 Å². The van der Waals surface area contributed by atoms with E-state index in [0.717, 1.165) is 10.7 Å². The number of rotatable bonds is 3. The van der Waals surface area contributed by atoms with Gasteiger partial charge in [0.15, 0.2) is 0 Å². The highest BCUT2D eigenvalue weighted by atomic mass is 35.5. The van der Waals surface area contributed by atoms with E-state index in [-0.39, 0.29) is 12.4 Å². The Bertz CT molecular complexity index is 474. The highest BCUT2D eigenvalue weighted by molar-refractivity contribution is 7.99. The Hall–Kier alpha value is -0.830. The van der Waals surface area contributed by atoms with E-state index in [1.54, 1.807) is 11.8 Å². The van der Waals surface area contributed by atoms with Gasteiger partial charge < -0.3 is 5.32 Å². The van der Waals surface area contributed by atoms with Crippen molar-refractivity contribution in [3.63, 3.8) is 0 Å². The van der Waals surface area contributed by atoms with Crippen LogP contribution in [0.4, 0.5) is 5.69 Å². The molecule has 2 rings (SSSR count). The minimum absolute atomic E-state index is 0. The molecule has 0 radical (unpaired) electrons. The zero-order valence-electron chi connectivity index (χ0n) is 9.31. The van der Waals surface area contributed by atoms with E-state index in [9.17, 15) is 0 Å². The molecule has 0 saturated carbocycles. The minimum Gasteiger partial charge on any atom is -0.387 e. The highest BCUT2D eigenvalue weighted by Gasteiger charge is 2.03. The van der Waals surface area contributed by atoms with Crippen LogP contribution in [-0.4, -0.2) is 7.05 Å². The lowest BCUT2D eigenvalue weighted by Gasteiger charge is -2.08. The first-order chi connectivity index (χ1) is 7.79. The number of anilines is 1. The Morgan fingerprint density at radius 2 is 1.76 bits per heavy atom. The van der Waals surface area contributed by atoms with Gasteiger partial charge in [0.2, 0.25) is 0 Å². The van der Waals surface area contributed by atoms with Gasteiger partial charge in [-0.05, 0) is 30.3 Å². The van der Waals surface area contributed by atoms with Crippen LogP contribution in [0.5, 0.6) is 0 Å². The molecule has 0 bridgehead atoms. The van der Waals surface area contributed by atoms with Crippen molar-refractivity contribution < 1.29 is 0 Å². The second kappa shape index (κ2) is 6.80. The molecule has 0 fully saturated rings. The zero-order chi connectivity index (χ0) is 11.4. The largest absolute Gasteiger partial charge is 0.387 e. The van der Waals surface area contributed by atoms with Crippen LogP contribution in [0.1, 0.15) is 0 Å². The maximum atomic E-state index is 5.95. The summed E-state index contributed by atoms with van der Waals surface area (Å²) in [5, 5.41) is 3.90. The van der Waals surface area contributed by atoms with E-state index in [1.165, 1.54) is 9.79 Å². The summed E-state index contributed by atoms with van der Waals surface area (Å²) in [6.45, 7) is 0. The molecule has 0 aliphatic heterocycles. The SMILES string of the molecule is CNc1cc(Cl)ccc1Sc1ccccc1.Cl. The van der Waals surface area contributed by atoms with Crippen molar-refractivity contribution >= 4 is 41.5 Å². The number of hydrogen-bond donors (Lipinski definition) is 1. The number of hydrogen-bond acceptors (Lipinski definition) is 2. The van der Waals surface area contributed by atoms with Crippen molar-refractivity contribution in [2.45, 2.75) is 9.79 Å². The minimum atomic E-state index is 0. The predicted octanol–water partition coefficient (Wildman–Crippen LogP) is 4.95. The summed E-state index contributed by atoms with van der Waals surface area (Å²) in [7, 11) is 1.90. The number of nitrogens with one attached hydrogen (secondary N) is 1. The Morgan fingerprint density at radius 3 is 2.41 bits per heavy atom. The first kappa shape index (κ1) is 14.2. The monoisotopic (exact) mass is 285 g/mol. The maximum Gasteiger partial charge on any atom is 0.0494 e. The number of benzene rings is 2. The van der Waals surface area contributed by atoms with Crippen LogP contribution in [0, 0.1) is 0 Å². The quantitative estimate of drug-likeness (QED) is 0.856. The first-order valence-electron chi connectivity index (χ1n) is 5.00. The highest BCUT2D eigenvalue weighted by Crippen LogP contribution is 2.34. The fourth-order valence-electron chi connectivity index (χ4n) is 1.40. The van der Waals surface area contributed by atoms with Crippen molar-refractivity contribution in [2.24, 2.45) is 0 Å². The van der Waals surface area contributed by atoms with Gasteiger partial charge in [0, 0.05) is 27.5 Å². The summed E-state index contributed by atoms with van der Waals surface area (Å²) in [6.07, 6.45) is 0. The van der Waals surface area contributed by atoms with Crippen molar-refractivity contribution in [1.29, 1.82) is 0 Å². The molecule has 1 N–H and O–H groups in total. The molecule has 0 aliphatic rings. The van der Waals surface area contributed by atoms with Gasteiger partial charge >= 0.3 is 0 Å². The van der Waals surface area contributed by atoms with Gasteiger partial charge in [-0.3, -0.25) is 0 Å². The molecular weight excluding hydrogens is 273 g/mol. The van der Waals surface area contributed by atoms with Crippen molar-refractivity contribution in [2.75, 3.05) is 12.4 Å². The molecule has 1 nitrogen and oxygen atoms in total. The van der Waals surface area contributed by atoms with Crippen LogP contribution in [0.2, 0.25) is 5.02 Å². The molecule has 0 amide bonds. The van der Waals surface area contributed by atoms with Gasteiger partial charge in [0.25, 0.3) is 0 Å². The van der Waals surface area contributed by atoms with E-state index in [0.29, 0.717) is 0 Å². The summed E-state index contributed by atoms with van der Waals surface area (Å²) in [5.74, 6) is 0. The Balaban J connectivity index is 0.00000144. The summed E-state index contributed by atoms with van der Waals surface area (Å²) < 4.78 is 0. The predicted molar refractivity (Wildman–Crippen MR) is 78.8 cm³/mol. The van der Waals surface area contributed by atoms with Gasteiger partial charge in [-0.2, -0.15) is 0 Å². The van der Waals surface area contributed by atoms with Gasteiger partial charge in [0.05, 0.1) is 0 Å². The fraction of sp³-hybridized carbons (Fsp3) is 0.0769. The van der Waals surface area contributed by atoms with E-state index in [1.807, 2.05) is 43.4 Å². The van der Waals surface area contributed by atoms with E-state index < -0.39 is 0 Å². The lowest BCUT2D eigenvalue weighted by atomic mass is 10.3. The van der Waals surface area contributed by atoms with Crippen molar-refractivity contribution in [3.8, 4) is 0 Å². The molecular formula is C13H13Cl2NS. The maximum absolute atomic E-state index is 5.95. The van der Waals surface area contributed by atoms with E-state index in [2.05, 4.69) is 17.4 Å². The van der Waals surface area contributed by atoms with Crippen LogP contribution >= 0.6 is 35.8 Å². The third kappa shape index (κ3) is 3.84. The molecule has 2 aromatic carbocycles. The molecule has 0 spiro atoms. The summed E-state index contributed by atoms with van der Waals surface area (Å²) in [5.41, 5.74) is 1.06. The first-order valence-corrected chi connectivity index (χ1v) is 6.19. The number of halogens is 2. The zero-order valence-corrected chi connectivity index (χ0v) is 11.7. The molecule has 0 saturated heterocycles. The molecule has 0 aliphatic carbocycles. The molecule has 90 valence electrons. The van der Waals surface area contributed by atoms with Crippen molar-refractivity contribution in [3.05, 3.63) is 53.6 Å². The third-order valence-corrected chi connectivity index (χ3v) is 3.50. The van der Waals surface area contributed by atoms with Gasteiger partial charge in [0.1, 0.15) is 0 Å². The average Bonchev–Trinajstić information content (AvgIpc) is 2.33. The van der Waals surface area contributed by atoms with Gasteiger partial charge in [-0.15, -0.1) is 12.4 Å². The standard InChI is InChI=1S/C13H12ClNS.ClH/c1-15-12-9-10(14)7-8-13(12)16-11-5-3-2-4-6-11;/h2-9,15H,1H3;1H. The third-order valence-electron chi connectivity index (χ3n) is 2.18. The lowest BCUT2D eigenvalue weighted by Crippen LogP contribution is -1.90. The van der Waals surface area contributed by atoms with Gasteiger partial charge in [-0.1, -0.05) is 41.6 Å². The van der Waals surface area contributed by atoms with E-state index in [4.69, 9.17) is 11.6 Å². The van der Waals surface area contributed by atoms with Crippen LogP contribution < -0.4 is 5.32 Å². The second-order valence-corrected chi connectivity index (χ2v) is 4.86. The smallest absolute Gasteiger partial charge is 0.0494 e. The fourth-order valence-corrected chi connectivity index (χ4v) is 2.53. The molecule has 0 unspecified atom stereocenters. The van der Waals surface area contributed by atoms with Crippen LogP contribution in [0.3, 0.4) is 0 Å². The van der Waals surface area contributed by atoms with Gasteiger partial charge in [-0.25, -0.2) is 0 Å². The molecule has 0 heterocycles.